The molecule has 3 aromatic rings. The van der Waals surface area contributed by atoms with E-state index in [4.69, 9.17) is 14.8 Å². The number of aromatic nitrogens is 3. The number of carbonyl (C=O) groups is 1. The summed E-state index contributed by atoms with van der Waals surface area (Å²) in [6.07, 6.45) is 0.331. The second-order valence-electron chi connectivity index (χ2n) is 9.07. The van der Waals surface area contributed by atoms with Gasteiger partial charge in [0, 0.05) is 23.9 Å². The summed E-state index contributed by atoms with van der Waals surface area (Å²) in [4.78, 5) is 18.8. The number of nitrogens with zero attached hydrogens (tertiary/aromatic N) is 4. The van der Waals surface area contributed by atoms with Crippen LogP contribution in [0.2, 0.25) is 0 Å². The van der Waals surface area contributed by atoms with Gasteiger partial charge in [-0.3, -0.25) is 0 Å². The molecule has 7 heteroatoms. The molecular weight excluding hydrogens is 395 g/mol. The van der Waals surface area contributed by atoms with Gasteiger partial charge in [-0.05, 0) is 40.5 Å². The monoisotopic (exact) mass is 424 g/mol. The van der Waals surface area contributed by atoms with E-state index in [1.54, 1.807) is 4.52 Å². The predicted octanol–water partition coefficient (Wildman–Crippen LogP) is 4.70. The van der Waals surface area contributed by atoms with Gasteiger partial charge in [0.15, 0.2) is 11.9 Å². The number of rotatable bonds is 5. The average molecular weight is 425 g/mol. The third kappa shape index (κ3) is 4.46. The van der Waals surface area contributed by atoms with Gasteiger partial charge in [0.05, 0.1) is 23.4 Å². The number of anilines is 1. The zero-order chi connectivity index (χ0) is 22.2. The van der Waals surface area contributed by atoms with E-state index in [-0.39, 0.29) is 6.54 Å². The van der Waals surface area contributed by atoms with E-state index in [9.17, 15) is 9.18 Å². The molecule has 1 saturated heterocycles. The molecule has 1 aliphatic heterocycles. The number of hydrogen-bond acceptors (Lipinski definition) is 5. The number of alkyl halides is 1. The minimum Gasteiger partial charge on any atom is -0.360 e. The maximum Gasteiger partial charge on any atom is 0.158 e. The number of halogens is 1. The molecular formula is C24H29FN4O2. The number of carbonyl (C=O) groups excluding carboxylic acids is 1. The highest BCUT2D eigenvalue weighted by atomic mass is 19.1. The van der Waals surface area contributed by atoms with Crippen molar-refractivity contribution in [2.45, 2.75) is 58.4 Å². The number of fused-ring (bicyclic) bond motifs is 1. The summed E-state index contributed by atoms with van der Waals surface area (Å²) in [5.41, 5.74) is 3.21. The van der Waals surface area contributed by atoms with Gasteiger partial charge in [-0.1, -0.05) is 30.3 Å². The molecule has 0 spiro atoms. The molecule has 2 unspecified atom stereocenters. The van der Waals surface area contributed by atoms with Crippen molar-refractivity contribution in [2.75, 3.05) is 18.0 Å². The first-order valence-electron chi connectivity index (χ1n) is 10.7. The molecule has 1 aliphatic rings. The second kappa shape index (κ2) is 8.38. The Morgan fingerprint density at radius 1 is 1.26 bits per heavy atom. The highest BCUT2D eigenvalue weighted by molar-refractivity contribution is 5.71. The van der Waals surface area contributed by atoms with Crippen molar-refractivity contribution in [3.8, 4) is 11.3 Å². The van der Waals surface area contributed by atoms with Crippen LogP contribution in [-0.4, -0.2) is 45.7 Å². The van der Waals surface area contributed by atoms with Crippen molar-refractivity contribution >= 4 is 17.8 Å². The van der Waals surface area contributed by atoms with Gasteiger partial charge in [-0.15, -0.1) is 0 Å². The minimum absolute atomic E-state index is 0.257. The van der Waals surface area contributed by atoms with Crippen LogP contribution in [0.3, 0.4) is 0 Å². The molecule has 0 aliphatic carbocycles. The lowest BCUT2D eigenvalue weighted by molar-refractivity contribution is -0.128. The van der Waals surface area contributed by atoms with Gasteiger partial charge in [0.25, 0.3) is 0 Å². The van der Waals surface area contributed by atoms with Crippen LogP contribution in [0.5, 0.6) is 0 Å². The Hall–Kier alpha value is -2.80. The number of ether oxygens (including phenoxy) is 1. The van der Waals surface area contributed by atoms with Crippen molar-refractivity contribution in [3.05, 3.63) is 47.7 Å². The summed E-state index contributed by atoms with van der Waals surface area (Å²) < 4.78 is 22.2. The van der Waals surface area contributed by atoms with Crippen LogP contribution >= 0.6 is 0 Å². The molecule has 4 rings (SSSR count). The SMILES string of the molecule is Cc1nc2cc(-c3ccccc3)nn2c(N2CCCC(F)C2)c1C(C=O)OC(C)(C)C. The molecule has 0 N–H and O–H groups in total. The summed E-state index contributed by atoms with van der Waals surface area (Å²) >= 11 is 0. The van der Waals surface area contributed by atoms with Crippen LogP contribution in [0.15, 0.2) is 36.4 Å². The topological polar surface area (TPSA) is 59.7 Å². The summed E-state index contributed by atoms with van der Waals surface area (Å²) in [5, 5.41) is 4.82. The maximum atomic E-state index is 14.4. The van der Waals surface area contributed by atoms with Crippen molar-refractivity contribution in [3.63, 3.8) is 0 Å². The number of benzene rings is 1. The molecule has 0 radical (unpaired) electrons. The first-order valence-corrected chi connectivity index (χ1v) is 10.7. The zero-order valence-corrected chi connectivity index (χ0v) is 18.5. The fraction of sp³-hybridized carbons (Fsp3) is 0.458. The molecule has 2 atom stereocenters. The highest BCUT2D eigenvalue weighted by Gasteiger charge is 2.31. The Labute approximate surface area is 182 Å². The third-order valence-electron chi connectivity index (χ3n) is 5.43. The third-order valence-corrected chi connectivity index (χ3v) is 5.43. The predicted molar refractivity (Wildman–Crippen MR) is 119 cm³/mol. The van der Waals surface area contributed by atoms with Crippen LogP contribution in [0.25, 0.3) is 16.9 Å². The Kier molecular flexibility index (Phi) is 5.79. The maximum absolute atomic E-state index is 14.4. The normalized spacial score (nSPS) is 18.4. The van der Waals surface area contributed by atoms with Crippen LogP contribution in [0.1, 0.15) is 51.0 Å². The van der Waals surface area contributed by atoms with Gasteiger partial charge >= 0.3 is 0 Å². The van der Waals surface area contributed by atoms with Gasteiger partial charge in [0.2, 0.25) is 0 Å². The van der Waals surface area contributed by atoms with E-state index in [0.29, 0.717) is 35.7 Å². The lowest BCUT2D eigenvalue weighted by atomic mass is 10.0. The molecule has 1 aromatic carbocycles. The largest absolute Gasteiger partial charge is 0.360 e. The molecule has 0 amide bonds. The van der Waals surface area contributed by atoms with Crippen molar-refractivity contribution in [2.24, 2.45) is 0 Å². The minimum atomic E-state index is -0.924. The number of aryl methyl sites for hydroxylation is 1. The Morgan fingerprint density at radius 3 is 2.65 bits per heavy atom. The van der Waals surface area contributed by atoms with Crippen LogP contribution < -0.4 is 4.90 Å². The number of hydrogen-bond donors (Lipinski definition) is 0. The standard InChI is InChI=1S/C24H29FN4O2/c1-16-22(20(15-30)31-24(2,3)4)23(28-12-8-11-18(25)14-28)29-21(26-16)13-19(27-29)17-9-6-5-7-10-17/h5-7,9-10,13,15,18,20H,8,11-12,14H2,1-4H3. The smallest absolute Gasteiger partial charge is 0.158 e. The summed E-state index contributed by atoms with van der Waals surface area (Å²) in [7, 11) is 0. The van der Waals surface area contributed by atoms with Gasteiger partial charge in [0.1, 0.15) is 18.1 Å². The number of piperidine rings is 1. The zero-order valence-electron chi connectivity index (χ0n) is 18.5. The van der Waals surface area contributed by atoms with Crippen LogP contribution in [0, 0.1) is 6.92 Å². The molecule has 0 bridgehead atoms. The summed E-state index contributed by atoms with van der Waals surface area (Å²) in [6, 6.07) is 11.8. The molecule has 3 heterocycles. The Morgan fingerprint density at radius 2 is 2.00 bits per heavy atom. The molecule has 0 saturated carbocycles. The van der Waals surface area contributed by atoms with Gasteiger partial charge in [-0.2, -0.15) is 9.61 Å². The quantitative estimate of drug-likeness (QED) is 0.556. The van der Waals surface area contributed by atoms with E-state index in [2.05, 4.69) is 0 Å². The van der Waals surface area contributed by atoms with Crippen molar-refractivity contribution in [1.29, 1.82) is 0 Å². The van der Waals surface area contributed by atoms with E-state index in [1.165, 1.54) is 0 Å². The lowest BCUT2D eigenvalue weighted by Crippen LogP contribution is -2.39. The van der Waals surface area contributed by atoms with E-state index in [0.717, 1.165) is 24.0 Å². The molecule has 1 fully saturated rings. The van der Waals surface area contributed by atoms with Crippen LogP contribution in [0.4, 0.5) is 10.2 Å². The lowest BCUT2D eigenvalue weighted by Gasteiger charge is -2.34. The van der Waals surface area contributed by atoms with E-state index in [1.807, 2.05) is 69.0 Å². The summed E-state index contributed by atoms with van der Waals surface area (Å²) in [5.74, 6) is 0.688. The van der Waals surface area contributed by atoms with Crippen molar-refractivity contribution < 1.29 is 13.9 Å². The highest BCUT2D eigenvalue weighted by Crippen LogP contribution is 2.35. The van der Waals surface area contributed by atoms with Gasteiger partial charge < -0.3 is 14.4 Å². The van der Waals surface area contributed by atoms with Crippen LogP contribution in [-0.2, 0) is 9.53 Å². The van der Waals surface area contributed by atoms with Gasteiger partial charge in [-0.25, -0.2) is 9.37 Å². The summed E-state index contributed by atoms with van der Waals surface area (Å²) in [6.45, 7) is 8.54. The molecule has 31 heavy (non-hydrogen) atoms. The first kappa shape index (κ1) is 21.4. The molecule has 6 nitrogen and oxygen atoms in total. The van der Waals surface area contributed by atoms with E-state index < -0.39 is 17.9 Å². The fourth-order valence-electron chi connectivity index (χ4n) is 4.16. The average Bonchev–Trinajstić information content (AvgIpc) is 3.14. The molecule has 2 aromatic heterocycles. The fourth-order valence-corrected chi connectivity index (χ4v) is 4.16. The van der Waals surface area contributed by atoms with E-state index >= 15 is 0 Å². The second-order valence-corrected chi connectivity index (χ2v) is 9.07. The number of aldehydes is 1. The molecule has 164 valence electrons. The Balaban J connectivity index is 1.93. The first-order chi connectivity index (χ1) is 14.8. The Bertz CT molecular complexity index is 1070. The van der Waals surface area contributed by atoms with Crippen molar-refractivity contribution in [1.82, 2.24) is 14.6 Å².